The quantitative estimate of drug-likeness (QED) is 0.927. The molecule has 2 unspecified atom stereocenters. The molecule has 5 heteroatoms. The lowest BCUT2D eigenvalue weighted by molar-refractivity contribution is -0.0609. The van der Waals surface area contributed by atoms with E-state index in [1.54, 1.807) is 7.11 Å². The smallest absolute Gasteiger partial charge is 0.232 e. The highest BCUT2D eigenvalue weighted by Gasteiger charge is 2.41. The maximum atomic E-state index is 10.1. The van der Waals surface area contributed by atoms with Crippen molar-refractivity contribution in [2.75, 3.05) is 7.11 Å². The van der Waals surface area contributed by atoms with Gasteiger partial charge in [0.1, 0.15) is 5.60 Å². The topological polar surface area (TPSA) is 68.4 Å². The number of nitrogens with zero attached hydrogens (tertiary/aromatic N) is 2. The lowest BCUT2D eigenvalue weighted by Gasteiger charge is -2.35. The Morgan fingerprint density at radius 3 is 2.57 bits per heavy atom. The van der Waals surface area contributed by atoms with Gasteiger partial charge in [-0.1, -0.05) is 24.9 Å². The van der Waals surface area contributed by atoms with E-state index < -0.39 is 5.60 Å². The van der Waals surface area contributed by atoms with E-state index in [2.05, 4.69) is 17.1 Å². The lowest BCUT2D eigenvalue weighted by atomic mass is 9.79. The highest BCUT2D eigenvalue weighted by molar-refractivity contribution is 5.07. The molecule has 1 heterocycles. The maximum Gasteiger partial charge on any atom is 0.232 e. The molecule has 0 aromatic carbocycles. The van der Waals surface area contributed by atoms with Crippen molar-refractivity contribution in [3.8, 4) is 0 Å². The van der Waals surface area contributed by atoms with Crippen molar-refractivity contribution in [2.45, 2.75) is 75.9 Å². The molecule has 5 nitrogen and oxygen atoms in total. The fourth-order valence-corrected chi connectivity index (χ4v) is 3.72. The van der Waals surface area contributed by atoms with Gasteiger partial charge in [0.15, 0.2) is 0 Å². The Morgan fingerprint density at radius 2 is 1.90 bits per heavy atom. The van der Waals surface area contributed by atoms with Crippen LogP contribution in [0.4, 0.5) is 0 Å². The van der Waals surface area contributed by atoms with E-state index in [1.165, 1.54) is 0 Å². The third-order valence-corrected chi connectivity index (χ3v) is 5.37. The first-order chi connectivity index (χ1) is 10.1. The molecular formula is C16H26N2O3. The maximum absolute atomic E-state index is 10.1. The summed E-state index contributed by atoms with van der Waals surface area (Å²) in [6.07, 6.45) is 7.75. The van der Waals surface area contributed by atoms with Gasteiger partial charge in [0, 0.05) is 7.11 Å². The van der Waals surface area contributed by atoms with Gasteiger partial charge in [-0.3, -0.25) is 0 Å². The molecule has 1 N–H and O–H groups in total. The van der Waals surface area contributed by atoms with Crippen LogP contribution < -0.4 is 0 Å². The molecule has 1 aromatic heterocycles. The number of hydrogen-bond acceptors (Lipinski definition) is 5. The average Bonchev–Trinajstić information content (AvgIpc) is 2.99. The minimum atomic E-state index is -0.395. The molecule has 3 rings (SSSR count). The first-order valence-corrected chi connectivity index (χ1v) is 8.22. The molecular weight excluding hydrogens is 268 g/mol. The van der Waals surface area contributed by atoms with E-state index in [1.807, 2.05) is 0 Å². The Morgan fingerprint density at radius 1 is 1.19 bits per heavy atom. The van der Waals surface area contributed by atoms with Gasteiger partial charge in [0.25, 0.3) is 0 Å². The average molecular weight is 294 g/mol. The van der Waals surface area contributed by atoms with Crippen molar-refractivity contribution in [1.29, 1.82) is 0 Å². The van der Waals surface area contributed by atoms with Gasteiger partial charge in [0.05, 0.1) is 12.0 Å². The van der Waals surface area contributed by atoms with Crippen molar-refractivity contribution in [3.63, 3.8) is 0 Å². The first-order valence-electron chi connectivity index (χ1n) is 8.22. The zero-order chi connectivity index (χ0) is 14.9. The molecule has 2 aliphatic carbocycles. The Balaban J connectivity index is 1.80. The predicted octanol–water partition coefficient (Wildman–Crippen LogP) is 3.14. The van der Waals surface area contributed by atoms with E-state index in [0.29, 0.717) is 11.7 Å². The zero-order valence-corrected chi connectivity index (χ0v) is 13.0. The molecule has 0 aliphatic heterocycles. The molecule has 1 aromatic rings. The van der Waals surface area contributed by atoms with Gasteiger partial charge >= 0.3 is 0 Å². The van der Waals surface area contributed by atoms with Gasteiger partial charge in [-0.15, -0.1) is 0 Å². The second kappa shape index (κ2) is 6.05. The molecule has 2 fully saturated rings. The molecule has 2 atom stereocenters. The number of rotatable bonds is 3. The van der Waals surface area contributed by atoms with Gasteiger partial charge < -0.3 is 14.4 Å². The third-order valence-electron chi connectivity index (χ3n) is 5.37. The van der Waals surface area contributed by atoms with E-state index in [0.717, 1.165) is 57.3 Å². The Labute approximate surface area is 126 Å². The second-order valence-electron chi connectivity index (χ2n) is 6.80. The number of aromatic nitrogens is 2. The first kappa shape index (κ1) is 15.0. The molecule has 0 saturated heterocycles. The number of hydrogen-bond donors (Lipinski definition) is 1. The van der Waals surface area contributed by atoms with Crippen LogP contribution >= 0.6 is 0 Å². The van der Waals surface area contributed by atoms with Crippen molar-refractivity contribution >= 4 is 0 Å². The fourth-order valence-electron chi connectivity index (χ4n) is 3.72. The second-order valence-corrected chi connectivity index (χ2v) is 6.80. The summed E-state index contributed by atoms with van der Waals surface area (Å²) in [5.41, 5.74) is -0.395. The minimum Gasteiger partial charge on any atom is -0.392 e. The molecule has 0 bridgehead atoms. The Bertz CT molecular complexity index is 466. The van der Waals surface area contributed by atoms with Crippen molar-refractivity contribution < 1.29 is 14.4 Å². The summed E-state index contributed by atoms with van der Waals surface area (Å²) in [7, 11) is 1.74. The Hall–Kier alpha value is -0.940. The van der Waals surface area contributed by atoms with Crippen LogP contribution in [0, 0.1) is 5.92 Å². The van der Waals surface area contributed by atoms with Crippen LogP contribution in [0.5, 0.6) is 0 Å². The van der Waals surface area contributed by atoms with Crippen LogP contribution in [0.1, 0.15) is 75.9 Å². The number of methoxy groups -OCH3 is 1. The number of aliphatic hydroxyl groups excluding tert-OH is 1. The summed E-state index contributed by atoms with van der Waals surface area (Å²) in [6, 6.07) is 0. The predicted molar refractivity (Wildman–Crippen MR) is 77.8 cm³/mol. The van der Waals surface area contributed by atoms with Gasteiger partial charge in [-0.2, -0.15) is 4.98 Å². The van der Waals surface area contributed by atoms with Gasteiger partial charge in [0.2, 0.25) is 11.7 Å². The van der Waals surface area contributed by atoms with Crippen LogP contribution in [-0.2, 0) is 10.3 Å². The molecule has 118 valence electrons. The Kier molecular flexibility index (Phi) is 4.31. The monoisotopic (exact) mass is 294 g/mol. The van der Waals surface area contributed by atoms with Crippen LogP contribution in [-0.4, -0.2) is 28.5 Å². The molecule has 2 aliphatic rings. The number of aliphatic hydroxyl groups is 1. The van der Waals surface area contributed by atoms with Gasteiger partial charge in [-0.25, -0.2) is 0 Å². The highest BCUT2D eigenvalue weighted by Crippen LogP contribution is 2.41. The summed E-state index contributed by atoms with van der Waals surface area (Å²) in [4.78, 5) is 4.61. The van der Waals surface area contributed by atoms with Crippen LogP contribution in [0.2, 0.25) is 0 Å². The van der Waals surface area contributed by atoms with Crippen molar-refractivity contribution in [3.05, 3.63) is 11.7 Å². The van der Waals surface area contributed by atoms with E-state index in [9.17, 15) is 5.11 Å². The standard InChI is InChI=1S/C16H26N2O3/c1-11-7-9-16(20-2,10-8-11)15-17-14(21-18-15)12-5-3-4-6-13(12)19/h11-13,19H,3-10H2,1-2H3. The molecule has 0 amide bonds. The van der Waals surface area contributed by atoms with Crippen LogP contribution in [0.15, 0.2) is 4.52 Å². The normalized spacial score (nSPS) is 37.6. The van der Waals surface area contributed by atoms with Crippen molar-refractivity contribution in [2.24, 2.45) is 5.92 Å². The summed E-state index contributed by atoms with van der Waals surface area (Å²) in [6.45, 7) is 2.28. The fraction of sp³-hybridized carbons (Fsp3) is 0.875. The van der Waals surface area contributed by atoms with Gasteiger partial charge in [-0.05, 0) is 44.4 Å². The van der Waals surface area contributed by atoms with E-state index >= 15 is 0 Å². The molecule has 0 spiro atoms. The summed E-state index contributed by atoms with van der Waals surface area (Å²) in [5, 5.41) is 14.3. The molecule has 0 radical (unpaired) electrons. The lowest BCUT2D eigenvalue weighted by Crippen LogP contribution is -2.34. The third kappa shape index (κ3) is 2.86. The van der Waals surface area contributed by atoms with Crippen molar-refractivity contribution in [1.82, 2.24) is 10.1 Å². The summed E-state index contributed by atoms with van der Waals surface area (Å²) < 4.78 is 11.3. The molecule has 21 heavy (non-hydrogen) atoms. The van der Waals surface area contributed by atoms with E-state index in [4.69, 9.17) is 9.26 Å². The SMILES string of the molecule is COC1(c2noc(C3CCCCC3O)n2)CCC(C)CC1. The highest BCUT2D eigenvalue weighted by atomic mass is 16.5. The van der Waals surface area contributed by atoms with E-state index in [-0.39, 0.29) is 12.0 Å². The summed E-state index contributed by atoms with van der Waals surface area (Å²) in [5.74, 6) is 1.99. The van der Waals surface area contributed by atoms with Crippen LogP contribution in [0.3, 0.4) is 0 Å². The molecule has 2 saturated carbocycles. The summed E-state index contributed by atoms with van der Waals surface area (Å²) >= 11 is 0. The largest absolute Gasteiger partial charge is 0.392 e. The van der Waals surface area contributed by atoms with Crippen LogP contribution in [0.25, 0.3) is 0 Å². The minimum absolute atomic E-state index is 0.00331. The zero-order valence-electron chi connectivity index (χ0n) is 13.0. The number of ether oxygens (including phenoxy) is 1.